The van der Waals surface area contributed by atoms with Gasteiger partial charge in [-0.05, 0) is 11.8 Å². The van der Waals surface area contributed by atoms with E-state index in [1.807, 2.05) is 5.92 Å². The number of carbonyl (C=O) groups is 1. The third-order valence-electron chi connectivity index (χ3n) is 0.557. The zero-order valence-electron chi connectivity index (χ0n) is 5.22. The first-order valence-corrected chi connectivity index (χ1v) is 2.60. The average Bonchev–Trinajstić information content (AvgIpc) is 1.87. The number of hydrogen-bond acceptors (Lipinski definition) is 2. The van der Waals surface area contributed by atoms with Gasteiger partial charge in [0.25, 0.3) is 0 Å². The highest BCUT2D eigenvalue weighted by molar-refractivity contribution is 5.87. The molecule has 0 fully saturated rings. The molecule has 0 aliphatic rings. The molecule has 3 nitrogen and oxygen atoms in total. The molecule has 0 saturated heterocycles. The summed E-state index contributed by atoms with van der Waals surface area (Å²) < 4.78 is 0. The molecular weight excluding hydrogens is 132 g/mol. The van der Waals surface area contributed by atoms with E-state index in [0.717, 1.165) is 0 Å². The first-order valence-electron chi connectivity index (χ1n) is 2.60. The average molecular weight is 138 g/mol. The van der Waals surface area contributed by atoms with Gasteiger partial charge in [-0.3, -0.25) is 0 Å². The quantitative estimate of drug-likeness (QED) is 0.478. The highest BCUT2D eigenvalue weighted by Crippen LogP contribution is 1.67. The molecule has 0 heterocycles. The Morgan fingerprint density at radius 3 is 2.60 bits per heavy atom. The number of carboxylic acid groups (broad SMARTS) is 1. The van der Waals surface area contributed by atoms with Crippen LogP contribution in [0.25, 0.3) is 0 Å². The molecule has 0 radical (unpaired) electrons. The number of aliphatic hydroxyl groups excluding tert-OH is 1. The molecule has 0 aliphatic heterocycles. The summed E-state index contributed by atoms with van der Waals surface area (Å²) in [5.74, 6) is 7.44. The lowest BCUT2D eigenvalue weighted by Gasteiger charge is -1.72. The summed E-state index contributed by atoms with van der Waals surface area (Å²) >= 11 is 0. The van der Waals surface area contributed by atoms with Crippen LogP contribution in [0.4, 0.5) is 0 Å². The van der Waals surface area contributed by atoms with E-state index >= 15 is 0 Å². The van der Waals surface area contributed by atoms with Crippen molar-refractivity contribution in [1.82, 2.24) is 0 Å². The summed E-state index contributed by atoms with van der Waals surface area (Å²) in [6.07, 6.45) is 0.328. The normalized spacial score (nSPS) is 6.50. The van der Waals surface area contributed by atoms with Gasteiger partial charge in [-0.2, -0.15) is 0 Å². The highest BCUT2D eigenvalue weighted by Gasteiger charge is 1.78. The standard InChI is InChI=1S/C7H6O3/c8-6-4-2-1-3-5-7(9)10/h8H,4,6H2,(H,9,10). The van der Waals surface area contributed by atoms with Crippen LogP contribution in [0.2, 0.25) is 0 Å². The summed E-state index contributed by atoms with van der Waals surface area (Å²) in [6, 6.07) is 0. The SMILES string of the molecule is O=C(O)C#CC#CCCO. The van der Waals surface area contributed by atoms with Crippen LogP contribution in [0.1, 0.15) is 6.42 Å². The number of aliphatic carboxylic acids is 1. The second-order valence-electron chi connectivity index (χ2n) is 1.33. The highest BCUT2D eigenvalue weighted by atomic mass is 16.4. The Morgan fingerprint density at radius 2 is 2.10 bits per heavy atom. The van der Waals surface area contributed by atoms with E-state index in [0.29, 0.717) is 6.42 Å². The largest absolute Gasteiger partial charge is 0.472 e. The van der Waals surface area contributed by atoms with Crippen LogP contribution in [0, 0.1) is 23.7 Å². The zero-order chi connectivity index (χ0) is 7.82. The molecule has 0 unspecified atom stereocenters. The van der Waals surface area contributed by atoms with E-state index in [-0.39, 0.29) is 6.61 Å². The van der Waals surface area contributed by atoms with Crippen molar-refractivity contribution in [1.29, 1.82) is 0 Å². The number of carboxylic acids is 1. The molecule has 3 heteroatoms. The van der Waals surface area contributed by atoms with Crippen molar-refractivity contribution in [2.24, 2.45) is 0 Å². The van der Waals surface area contributed by atoms with Crippen molar-refractivity contribution in [3.63, 3.8) is 0 Å². The zero-order valence-corrected chi connectivity index (χ0v) is 5.22. The summed E-state index contributed by atoms with van der Waals surface area (Å²) in [5.41, 5.74) is 0. The van der Waals surface area contributed by atoms with Crippen LogP contribution in [0.15, 0.2) is 0 Å². The van der Waals surface area contributed by atoms with Gasteiger partial charge in [0.05, 0.1) is 6.61 Å². The summed E-state index contributed by atoms with van der Waals surface area (Å²) in [4.78, 5) is 9.74. The summed E-state index contributed by atoms with van der Waals surface area (Å²) in [7, 11) is 0. The molecule has 0 aromatic carbocycles. The predicted octanol–water partition coefficient (Wildman–Crippen LogP) is -0.540. The predicted molar refractivity (Wildman–Crippen MR) is 34.9 cm³/mol. The van der Waals surface area contributed by atoms with E-state index < -0.39 is 5.97 Å². The second kappa shape index (κ2) is 5.68. The van der Waals surface area contributed by atoms with Crippen LogP contribution in [0.3, 0.4) is 0 Å². The molecule has 10 heavy (non-hydrogen) atoms. The van der Waals surface area contributed by atoms with Gasteiger partial charge in [0.15, 0.2) is 0 Å². The minimum Gasteiger partial charge on any atom is -0.472 e. The Morgan fingerprint density at radius 1 is 1.40 bits per heavy atom. The number of hydrogen-bond donors (Lipinski definition) is 2. The lowest BCUT2D eigenvalue weighted by molar-refractivity contribution is -0.130. The van der Waals surface area contributed by atoms with Crippen LogP contribution < -0.4 is 0 Å². The Bertz CT molecular complexity index is 221. The monoisotopic (exact) mass is 138 g/mol. The van der Waals surface area contributed by atoms with E-state index in [4.69, 9.17) is 10.2 Å². The first kappa shape index (κ1) is 8.55. The molecule has 52 valence electrons. The second-order valence-corrected chi connectivity index (χ2v) is 1.33. The number of aliphatic hydroxyl groups is 1. The Hall–Kier alpha value is -1.45. The Kier molecular flexibility index (Phi) is 4.86. The van der Waals surface area contributed by atoms with Gasteiger partial charge in [0.1, 0.15) is 0 Å². The number of rotatable bonds is 1. The molecule has 0 aliphatic carbocycles. The Balaban J connectivity index is 3.67. The fourth-order valence-corrected chi connectivity index (χ4v) is 0.247. The lowest BCUT2D eigenvalue weighted by Crippen LogP contribution is -1.85. The lowest BCUT2D eigenvalue weighted by atomic mass is 10.4. The van der Waals surface area contributed by atoms with Crippen molar-refractivity contribution in [3.8, 4) is 23.7 Å². The van der Waals surface area contributed by atoms with Crippen molar-refractivity contribution in [2.75, 3.05) is 6.61 Å². The van der Waals surface area contributed by atoms with Gasteiger partial charge in [-0.1, -0.05) is 5.92 Å². The molecule has 0 bridgehead atoms. The van der Waals surface area contributed by atoms with Crippen LogP contribution in [0.5, 0.6) is 0 Å². The maximum absolute atomic E-state index is 9.74. The van der Waals surface area contributed by atoms with Gasteiger partial charge < -0.3 is 10.2 Å². The smallest absolute Gasteiger partial charge is 0.382 e. The van der Waals surface area contributed by atoms with Gasteiger partial charge in [0.2, 0.25) is 0 Å². The van der Waals surface area contributed by atoms with Crippen molar-refractivity contribution >= 4 is 5.97 Å². The minimum absolute atomic E-state index is 0.0260. The Labute approximate surface area is 58.7 Å². The van der Waals surface area contributed by atoms with Crippen molar-refractivity contribution in [3.05, 3.63) is 0 Å². The maximum atomic E-state index is 9.74. The molecule has 0 atom stereocenters. The van der Waals surface area contributed by atoms with Gasteiger partial charge in [-0.15, -0.1) is 0 Å². The summed E-state index contributed by atoms with van der Waals surface area (Å²) in [5, 5.41) is 16.2. The van der Waals surface area contributed by atoms with E-state index in [1.54, 1.807) is 0 Å². The topological polar surface area (TPSA) is 57.5 Å². The minimum atomic E-state index is -1.20. The molecule has 0 aromatic rings. The molecule has 2 N–H and O–H groups in total. The van der Waals surface area contributed by atoms with E-state index in [9.17, 15) is 4.79 Å². The van der Waals surface area contributed by atoms with Crippen molar-refractivity contribution in [2.45, 2.75) is 6.42 Å². The van der Waals surface area contributed by atoms with Crippen LogP contribution >= 0.6 is 0 Å². The summed E-state index contributed by atoms with van der Waals surface area (Å²) in [6.45, 7) is -0.0260. The maximum Gasteiger partial charge on any atom is 0.382 e. The molecule has 0 aromatic heterocycles. The van der Waals surface area contributed by atoms with Crippen LogP contribution in [-0.2, 0) is 4.79 Å². The van der Waals surface area contributed by atoms with Crippen molar-refractivity contribution < 1.29 is 15.0 Å². The van der Waals surface area contributed by atoms with Gasteiger partial charge in [-0.25, -0.2) is 4.79 Å². The molecule has 0 spiro atoms. The van der Waals surface area contributed by atoms with Gasteiger partial charge >= 0.3 is 5.97 Å². The first-order chi connectivity index (χ1) is 4.77. The molecule has 0 saturated carbocycles. The molecule has 0 amide bonds. The van der Waals surface area contributed by atoms with E-state index in [2.05, 4.69) is 17.8 Å². The fraction of sp³-hybridized carbons (Fsp3) is 0.286. The fourth-order valence-electron chi connectivity index (χ4n) is 0.247. The third-order valence-corrected chi connectivity index (χ3v) is 0.557. The molecule has 0 rings (SSSR count). The van der Waals surface area contributed by atoms with Crippen LogP contribution in [-0.4, -0.2) is 22.8 Å². The molecular formula is C7H6O3. The third kappa shape index (κ3) is 6.55. The van der Waals surface area contributed by atoms with Gasteiger partial charge in [0, 0.05) is 12.3 Å². The van der Waals surface area contributed by atoms with E-state index in [1.165, 1.54) is 0 Å².